The molecule has 8 nitrogen and oxygen atoms in total. The molecule has 1 N–H and O–H groups in total. The van der Waals surface area contributed by atoms with Crippen LogP contribution >= 0.6 is 0 Å². The maximum atomic E-state index is 15.1. The molecule has 2 heterocycles. The lowest BCUT2D eigenvalue weighted by Gasteiger charge is -2.14. The van der Waals surface area contributed by atoms with Crippen molar-refractivity contribution in [2.24, 2.45) is 0 Å². The summed E-state index contributed by atoms with van der Waals surface area (Å²) in [6.07, 6.45) is 0. The Balaban J connectivity index is 1.67. The third-order valence-corrected chi connectivity index (χ3v) is 7.47. The van der Waals surface area contributed by atoms with Crippen LogP contribution in [0.15, 0.2) is 68.7 Å². The Morgan fingerprint density at radius 2 is 1.84 bits per heavy atom. The first-order chi connectivity index (χ1) is 18.1. The van der Waals surface area contributed by atoms with Crippen LogP contribution in [-0.2, 0) is 10.0 Å². The summed E-state index contributed by atoms with van der Waals surface area (Å²) >= 11 is 0. The molecule has 11 heteroatoms. The number of pyridine rings is 1. The minimum absolute atomic E-state index is 0.0841. The highest BCUT2D eigenvalue weighted by Gasteiger charge is 2.25. The van der Waals surface area contributed by atoms with Crippen molar-refractivity contribution in [1.29, 1.82) is 0 Å². The maximum Gasteiger partial charge on any atom is 0.420 e. The van der Waals surface area contributed by atoms with Gasteiger partial charge in [0.25, 0.3) is 10.0 Å². The van der Waals surface area contributed by atoms with Gasteiger partial charge in [-0.3, -0.25) is 14.2 Å². The summed E-state index contributed by atoms with van der Waals surface area (Å²) in [5, 5.41) is 0. The van der Waals surface area contributed by atoms with E-state index in [-0.39, 0.29) is 16.9 Å². The van der Waals surface area contributed by atoms with Crippen molar-refractivity contribution >= 4 is 26.9 Å². The van der Waals surface area contributed by atoms with Crippen molar-refractivity contribution in [1.82, 2.24) is 14.5 Å². The van der Waals surface area contributed by atoms with Gasteiger partial charge in [0.1, 0.15) is 16.5 Å². The third kappa shape index (κ3) is 5.77. The second-order valence-corrected chi connectivity index (χ2v) is 10.2. The van der Waals surface area contributed by atoms with Gasteiger partial charge in [0.05, 0.1) is 18.1 Å². The molecular formula is C27H26F2N4O4S. The number of aromatic nitrogens is 2. The van der Waals surface area contributed by atoms with E-state index < -0.39 is 38.5 Å². The largest absolute Gasteiger partial charge is 0.420 e. The Morgan fingerprint density at radius 1 is 1.11 bits per heavy atom. The predicted octanol–water partition coefficient (Wildman–Crippen LogP) is 4.37. The van der Waals surface area contributed by atoms with Crippen LogP contribution in [0.2, 0.25) is 0 Å². The van der Waals surface area contributed by atoms with Crippen LogP contribution in [-0.4, -0.2) is 42.5 Å². The summed E-state index contributed by atoms with van der Waals surface area (Å²) in [5.74, 6) is 3.16. The normalized spacial score (nSPS) is 12.4. The van der Waals surface area contributed by atoms with Gasteiger partial charge in [0.2, 0.25) is 5.95 Å². The van der Waals surface area contributed by atoms with E-state index in [0.717, 1.165) is 42.4 Å². The molecule has 0 aliphatic rings. The average Bonchev–Trinajstić information content (AvgIpc) is 3.20. The van der Waals surface area contributed by atoms with Gasteiger partial charge < -0.3 is 4.42 Å². The molecule has 38 heavy (non-hydrogen) atoms. The van der Waals surface area contributed by atoms with E-state index in [1.165, 1.54) is 16.7 Å². The Labute approximate surface area is 219 Å². The maximum absolute atomic E-state index is 15.1. The van der Waals surface area contributed by atoms with E-state index in [0.29, 0.717) is 6.54 Å². The standard InChI is InChI=1S/C27H26F2N4O4S/c1-4-32(5-2)14-8-10-19-9-6-11-20(15-19)18(3)33-22-16-21(28)24(17-23(22)37-27(33)34)38(35,36)31-26-13-7-12-25(29)30-26/h6-7,9,11-13,15-18H,4-5,14H2,1-3H3,(H,30,31)/t18-/m1/s1. The summed E-state index contributed by atoms with van der Waals surface area (Å²) in [6.45, 7) is 8.32. The fourth-order valence-corrected chi connectivity index (χ4v) is 5.07. The Bertz CT molecular complexity index is 1700. The molecule has 0 aliphatic carbocycles. The zero-order valence-corrected chi connectivity index (χ0v) is 21.9. The minimum Gasteiger partial charge on any atom is -0.408 e. The molecule has 0 saturated carbocycles. The number of nitrogens with one attached hydrogen (secondary N) is 1. The molecule has 0 fully saturated rings. The molecule has 0 unspecified atom stereocenters. The fourth-order valence-electron chi connectivity index (χ4n) is 3.99. The Morgan fingerprint density at radius 3 is 2.55 bits per heavy atom. The first kappa shape index (κ1) is 27.0. The summed E-state index contributed by atoms with van der Waals surface area (Å²) in [4.78, 5) is 17.6. The number of hydrogen-bond acceptors (Lipinski definition) is 6. The molecule has 0 saturated heterocycles. The van der Waals surface area contributed by atoms with E-state index in [1.54, 1.807) is 6.92 Å². The number of hydrogen-bond donors (Lipinski definition) is 1. The highest BCUT2D eigenvalue weighted by molar-refractivity contribution is 7.92. The van der Waals surface area contributed by atoms with Crippen molar-refractivity contribution < 1.29 is 21.6 Å². The van der Waals surface area contributed by atoms with Crippen molar-refractivity contribution in [2.75, 3.05) is 24.4 Å². The third-order valence-electron chi connectivity index (χ3n) is 6.10. The zero-order chi connectivity index (χ0) is 27.4. The number of rotatable bonds is 8. The second-order valence-electron chi connectivity index (χ2n) is 8.50. The summed E-state index contributed by atoms with van der Waals surface area (Å²) < 4.78 is 62.6. The molecule has 4 aromatic rings. The lowest BCUT2D eigenvalue weighted by Crippen LogP contribution is -2.22. The molecule has 1 atom stereocenters. The highest BCUT2D eigenvalue weighted by Crippen LogP contribution is 2.28. The van der Waals surface area contributed by atoms with Gasteiger partial charge in [-0.15, -0.1) is 0 Å². The van der Waals surface area contributed by atoms with Gasteiger partial charge in [0.15, 0.2) is 5.58 Å². The summed E-state index contributed by atoms with van der Waals surface area (Å²) in [7, 11) is -4.50. The Kier molecular flexibility index (Phi) is 7.94. The molecule has 2 aromatic carbocycles. The topological polar surface area (TPSA) is 97.4 Å². The average molecular weight is 541 g/mol. The SMILES string of the molecule is CCN(CC)CC#Cc1cccc([C@@H](C)n2c(=O)oc3cc(S(=O)(=O)Nc4cccc(F)n4)c(F)cc32)c1. The molecule has 2 aromatic heterocycles. The molecule has 0 amide bonds. The number of oxazole rings is 1. The molecule has 0 spiro atoms. The lowest BCUT2D eigenvalue weighted by atomic mass is 10.0. The molecule has 4 rings (SSSR count). The first-order valence-corrected chi connectivity index (χ1v) is 13.4. The minimum atomic E-state index is -4.50. The van der Waals surface area contributed by atoms with Crippen LogP contribution in [0.4, 0.5) is 14.6 Å². The number of anilines is 1. The molecule has 0 radical (unpaired) electrons. The van der Waals surface area contributed by atoms with Crippen molar-refractivity contribution in [3.05, 3.63) is 88.0 Å². The second kappa shape index (κ2) is 11.2. The monoisotopic (exact) mass is 540 g/mol. The zero-order valence-electron chi connectivity index (χ0n) is 21.0. The van der Waals surface area contributed by atoms with Crippen LogP contribution < -0.4 is 10.5 Å². The number of halogens is 2. The van der Waals surface area contributed by atoms with E-state index in [4.69, 9.17) is 4.42 Å². The van der Waals surface area contributed by atoms with E-state index in [1.807, 2.05) is 29.0 Å². The van der Waals surface area contributed by atoms with Crippen LogP contribution in [0.1, 0.15) is 37.9 Å². The van der Waals surface area contributed by atoms with E-state index >= 15 is 4.39 Å². The van der Waals surface area contributed by atoms with Crippen LogP contribution in [0.3, 0.4) is 0 Å². The fraction of sp³-hybridized carbons (Fsp3) is 0.259. The van der Waals surface area contributed by atoms with Gasteiger partial charge in [-0.1, -0.05) is 43.9 Å². The lowest BCUT2D eigenvalue weighted by molar-refractivity contribution is 0.342. The van der Waals surface area contributed by atoms with Gasteiger partial charge in [0, 0.05) is 17.7 Å². The Hall–Kier alpha value is -4.01. The number of benzene rings is 2. The van der Waals surface area contributed by atoms with Crippen LogP contribution in [0, 0.1) is 23.6 Å². The van der Waals surface area contributed by atoms with Crippen LogP contribution in [0.5, 0.6) is 0 Å². The number of fused-ring (bicyclic) bond motifs is 1. The van der Waals surface area contributed by atoms with Gasteiger partial charge in [-0.25, -0.2) is 22.6 Å². The summed E-state index contributed by atoms with van der Waals surface area (Å²) in [5.41, 5.74) is 1.46. The predicted molar refractivity (Wildman–Crippen MR) is 140 cm³/mol. The van der Waals surface area contributed by atoms with E-state index in [2.05, 4.69) is 35.6 Å². The van der Waals surface area contributed by atoms with Crippen molar-refractivity contribution in [2.45, 2.75) is 31.7 Å². The smallest absolute Gasteiger partial charge is 0.408 e. The molecular weight excluding hydrogens is 514 g/mol. The highest BCUT2D eigenvalue weighted by atomic mass is 32.2. The van der Waals surface area contributed by atoms with Crippen molar-refractivity contribution in [3.8, 4) is 11.8 Å². The number of nitrogens with zero attached hydrogens (tertiary/aromatic N) is 3. The molecule has 0 aliphatic heterocycles. The molecule has 0 bridgehead atoms. The van der Waals surface area contributed by atoms with Gasteiger partial charge in [-0.2, -0.15) is 4.39 Å². The number of sulfonamides is 1. The van der Waals surface area contributed by atoms with Crippen molar-refractivity contribution in [3.63, 3.8) is 0 Å². The van der Waals surface area contributed by atoms with Crippen LogP contribution in [0.25, 0.3) is 11.1 Å². The first-order valence-electron chi connectivity index (χ1n) is 11.9. The van der Waals surface area contributed by atoms with E-state index in [9.17, 15) is 17.6 Å². The van der Waals surface area contributed by atoms with Gasteiger partial charge >= 0.3 is 5.76 Å². The van der Waals surface area contributed by atoms with Gasteiger partial charge in [-0.05, 0) is 49.8 Å². The summed E-state index contributed by atoms with van der Waals surface area (Å²) in [6, 6.07) is 12.1. The molecule has 198 valence electrons. The quantitative estimate of drug-likeness (QED) is 0.263.